The van der Waals surface area contributed by atoms with E-state index in [-0.39, 0.29) is 12.4 Å². The van der Waals surface area contributed by atoms with Gasteiger partial charge in [-0.25, -0.2) is 0 Å². The number of benzene rings is 2. The lowest BCUT2D eigenvalue weighted by molar-refractivity contribution is -0.140. The molecule has 0 radical (unpaired) electrons. The van der Waals surface area contributed by atoms with E-state index in [1.165, 1.54) is 32.7 Å². The molecule has 0 saturated carbocycles. The molecule has 10 heteroatoms. The van der Waals surface area contributed by atoms with Crippen molar-refractivity contribution in [3.63, 3.8) is 0 Å². The Morgan fingerprint density at radius 1 is 1.00 bits per heavy atom. The number of amides is 1. The summed E-state index contributed by atoms with van der Waals surface area (Å²) >= 11 is 1.32. The summed E-state index contributed by atoms with van der Waals surface area (Å²) in [6.07, 6.45) is 0.130. The number of methoxy groups -OCH3 is 3. The highest BCUT2D eigenvalue weighted by Crippen LogP contribution is 2.35. The summed E-state index contributed by atoms with van der Waals surface area (Å²) in [6.45, 7) is 1.22. The number of thiazole rings is 1. The van der Waals surface area contributed by atoms with Gasteiger partial charge in [0.1, 0.15) is 24.7 Å². The van der Waals surface area contributed by atoms with Gasteiger partial charge in [-0.1, -0.05) is 11.3 Å². The predicted octanol–water partition coefficient (Wildman–Crippen LogP) is 2.80. The summed E-state index contributed by atoms with van der Waals surface area (Å²) in [5, 5.41) is 0. The molecule has 0 spiro atoms. The van der Waals surface area contributed by atoms with Crippen molar-refractivity contribution in [1.82, 2.24) is 4.57 Å². The zero-order valence-corrected chi connectivity index (χ0v) is 18.7. The minimum absolute atomic E-state index is 0.130. The highest BCUT2D eigenvalue weighted by atomic mass is 32.1. The molecule has 32 heavy (non-hydrogen) atoms. The lowest BCUT2D eigenvalue weighted by Gasteiger charge is -2.18. The lowest BCUT2D eigenvalue weighted by Crippen LogP contribution is -2.19. The third kappa shape index (κ3) is 4.40. The van der Waals surface area contributed by atoms with Gasteiger partial charge >= 0.3 is 5.97 Å². The molecule has 1 aliphatic rings. The fourth-order valence-corrected chi connectivity index (χ4v) is 4.36. The second-order valence-corrected chi connectivity index (χ2v) is 7.85. The van der Waals surface area contributed by atoms with Crippen molar-refractivity contribution < 1.29 is 33.3 Å². The van der Waals surface area contributed by atoms with Crippen LogP contribution in [-0.2, 0) is 16.1 Å². The largest absolute Gasteiger partial charge is 0.497 e. The van der Waals surface area contributed by atoms with Crippen molar-refractivity contribution in [3.05, 3.63) is 40.7 Å². The molecule has 2 aromatic carbocycles. The van der Waals surface area contributed by atoms with Crippen LogP contribution in [0, 0.1) is 0 Å². The van der Waals surface area contributed by atoms with Crippen LogP contribution in [0.3, 0.4) is 0 Å². The lowest BCUT2D eigenvalue weighted by atomic mass is 10.2. The second kappa shape index (κ2) is 9.31. The molecule has 3 aromatic rings. The smallest absolute Gasteiger partial charge is 0.307 e. The van der Waals surface area contributed by atoms with Crippen molar-refractivity contribution in [2.24, 2.45) is 4.99 Å². The van der Waals surface area contributed by atoms with E-state index in [2.05, 4.69) is 4.99 Å². The molecule has 1 aliphatic heterocycles. The molecular formula is C22H22N2O7S. The molecule has 4 rings (SSSR count). The molecule has 0 N–H and O–H groups in total. The number of hydrogen-bond acceptors (Lipinski definition) is 8. The Bertz CT molecular complexity index is 1220. The average molecular weight is 458 g/mol. The van der Waals surface area contributed by atoms with Crippen LogP contribution in [-0.4, -0.2) is 51.0 Å². The standard InChI is InChI=1S/C22H22N2O7S/c1-27-14-8-13(9-15(10-14)28-2)21(26)23-22-24(5-4-20(25)29-3)16-11-17-18(12-19(16)32-22)31-7-6-30-17/h8-12H,4-7H2,1-3H3. The Hall–Kier alpha value is -3.53. The number of hydrogen-bond donors (Lipinski definition) is 0. The predicted molar refractivity (Wildman–Crippen MR) is 117 cm³/mol. The summed E-state index contributed by atoms with van der Waals surface area (Å²) in [6, 6.07) is 8.58. The quantitative estimate of drug-likeness (QED) is 0.524. The normalized spacial score (nSPS) is 13.2. The zero-order valence-electron chi connectivity index (χ0n) is 17.9. The highest BCUT2D eigenvalue weighted by molar-refractivity contribution is 7.16. The number of nitrogens with zero attached hydrogens (tertiary/aromatic N) is 2. The number of fused-ring (bicyclic) bond motifs is 2. The molecular weight excluding hydrogens is 436 g/mol. The molecule has 0 saturated heterocycles. The molecule has 0 unspecified atom stereocenters. The molecule has 1 amide bonds. The van der Waals surface area contributed by atoms with E-state index in [1.807, 2.05) is 16.7 Å². The van der Waals surface area contributed by atoms with Crippen LogP contribution in [0.15, 0.2) is 35.3 Å². The van der Waals surface area contributed by atoms with E-state index in [0.29, 0.717) is 53.1 Å². The average Bonchev–Trinajstić information content (AvgIpc) is 3.15. The number of rotatable bonds is 6. The van der Waals surface area contributed by atoms with Crippen LogP contribution in [0.4, 0.5) is 0 Å². The van der Waals surface area contributed by atoms with Crippen LogP contribution in [0.25, 0.3) is 10.2 Å². The SMILES string of the molecule is COC(=O)CCn1c(=NC(=O)c2cc(OC)cc(OC)c2)sc2cc3c(cc21)OCCO3. The monoisotopic (exact) mass is 458 g/mol. The Morgan fingerprint density at radius 3 is 2.28 bits per heavy atom. The van der Waals surface area contributed by atoms with Gasteiger partial charge in [0, 0.05) is 30.3 Å². The minimum Gasteiger partial charge on any atom is -0.497 e. The third-order valence-electron chi connectivity index (χ3n) is 4.91. The van der Waals surface area contributed by atoms with Gasteiger partial charge in [0.2, 0.25) is 0 Å². The van der Waals surface area contributed by atoms with Crippen LogP contribution in [0.5, 0.6) is 23.0 Å². The van der Waals surface area contributed by atoms with Gasteiger partial charge < -0.3 is 28.3 Å². The maximum absolute atomic E-state index is 13.0. The maximum atomic E-state index is 13.0. The van der Waals surface area contributed by atoms with E-state index in [0.717, 1.165) is 10.2 Å². The minimum atomic E-state index is -0.460. The van der Waals surface area contributed by atoms with Gasteiger partial charge in [0.25, 0.3) is 5.91 Å². The number of carbonyl (C=O) groups excluding carboxylic acids is 2. The van der Waals surface area contributed by atoms with Gasteiger partial charge in [-0.2, -0.15) is 4.99 Å². The van der Waals surface area contributed by atoms with Crippen molar-refractivity contribution in [3.8, 4) is 23.0 Å². The van der Waals surface area contributed by atoms with Crippen molar-refractivity contribution >= 4 is 33.4 Å². The highest BCUT2D eigenvalue weighted by Gasteiger charge is 2.18. The summed E-state index contributed by atoms with van der Waals surface area (Å²) in [7, 11) is 4.36. The Balaban J connectivity index is 1.81. The van der Waals surface area contributed by atoms with E-state index < -0.39 is 5.91 Å². The first kappa shape index (κ1) is 21.7. The van der Waals surface area contributed by atoms with Crippen molar-refractivity contribution in [2.45, 2.75) is 13.0 Å². The molecule has 0 fully saturated rings. The van der Waals surface area contributed by atoms with Gasteiger partial charge in [0.15, 0.2) is 16.3 Å². The second-order valence-electron chi connectivity index (χ2n) is 6.84. The number of aromatic nitrogens is 1. The van der Waals surface area contributed by atoms with E-state index in [1.54, 1.807) is 18.2 Å². The zero-order chi connectivity index (χ0) is 22.7. The molecule has 2 heterocycles. The number of aryl methyl sites for hydroxylation is 1. The number of ether oxygens (including phenoxy) is 5. The topological polar surface area (TPSA) is 97.6 Å². The number of esters is 1. The summed E-state index contributed by atoms with van der Waals surface area (Å²) in [5.41, 5.74) is 1.11. The number of carbonyl (C=O) groups is 2. The third-order valence-corrected chi connectivity index (χ3v) is 5.95. The summed E-state index contributed by atoms with van der Waals surface area (Å²) in [4.78, 5) is 29.6. The van der Waals surface area contributed by atoms with Crippen LogP contribution in [0.2, 0.25) is 0 Å². The fraction of sp³-hybridized carbons (Fsp3) is 0.318. The van der Waals surface area contributed by atoms with Crippen LogP contribution >= 0.6 is 11.3 Å². The molecule has 9 nitrogen and oxygen atoms in total. The van der Waals surface area contributed by atoms with Gasteiger partial charge in [0.05, 0.1) is 38.0 Å². The Kier molecular flexibility index (Phi) is 6.31. The fourth-order valence-electron chi connectivity index (χ4n) is 3.30. The first-order valence-corrected chi connectivity index (χ1v) is 10.7. The Morgan fingerprint density at radius 2 is 1.66 bits per heavy atom. The van der Waals surface area contributed by atoms with Gasteiger partial charge in [-0.05, 0) is 12.1 Å². The molecule has 0 bridgehead atoms. The maximum Gasteiger partial charge on any atom is 0.307 e. The first-order valence-electron chi connectivity index (χ1n) is 9.84. The van der Waals surface area contributed by atoms with Crippen LogP contribution < -0.4 is 23.7 Å². The van der Waals surface area contributed by atoms with Crippen LogP contribution in [0.1, 0.15) is 16.8 Å². The van der Waals surface area contributed by atoms with Gasteiger partial charge in [-0.15, -0.1) is 0 Å². The first-order chi connectivity index (χ1) is 15.5. The van der Waals surface area contributed by atoms with E-state index in [9.17, 15) is 9.59 Å². The molecule has 0 aliphatic carbocycles. The summed E-state index contributed by atoms with van der Waals surface area (Å²) < 4.78 is 29.3. The van der Waals surface area contributed by atoms with E-state index >= 15 is 0 Å². The Labute approximate surface area is 187 Å². The summed E-state index contributed by atoms with van der Waals surface area (Å²) in [5.74, 6) is 1.41. The van der Waals surface area contributed by atoms with Gasteiger partial charge in [-0.3, -0.25) is 9.59 Å². The molecule has 168 valence electrons. The molecule has 0 atom stereocenters. The van der Waals surface area contributed by atoms with E-state index in [4.69, 9.17) is 23.7 Å². The van der Waals surface area contributed by atoms with Crippen molar-refractivity contribution in [2.75, 3.05) is 34.5 Å². The van der Waals surface area contributed by atoms with Crippen molar-refractivity contribution in [1.29, 1.82) is 0 Å². The molecule has 1 aromatic heterocycles.